The maximum Gasteiger partial charge on any atom is 0.305 e. The largest absolute Gasteiger partial charge is 0.481 e. The number of halogens is 2. The summed E-state index contributed by atoms with van der Waals surface area (Å²) in [5.74, 6) is -0.509. The van der Waals surface area contributed by atoms with Crippen LogP contribution in [0.15, 0.2) is 85.7 Å². The highest BCUT2D eigenvalue weighted by molar-refractivity contribution is 6.42. The predicted molar refractivity (Wildman–Crippen MR) is 140 cm³/mol. The van der Waals surface area contributed by atoms with Crippen molar-refractivity contribution in [3.05, 3.63) is 112 Å². The minimum atomic E-state index is -0.952. The number of aryl methyl sites for hydroxylation is 2. The molecule has 0 heterocycles. The molecule has 0 aliphatic heterocycles. The van der Waals surface area contributed by atoms with E-state index in [9.17, 15) is 9.59 Å². The van der Waals surface area contributed by atoms with Gasteiger partial charge in [0.05, 0.1) is 22.7 Å². The van der Waals surface area contributed by atoms with E-state index >= 15 is 0 Å². The third kappa shape index (κ3) is 7.74. The second-order valence-electron chi connectivity index (χ2n) is 7.73. The molecule has 1 amide bonds. The molecular weight excluding hydrogens is 485 g/mol. The summed E-state index contributed by atoms with van der Waals surface area (Å²) in [5, 5.41) is 12.3. The number of rotatable bonds is 11. The van der Waals surface area contributed by atoms with Crippen LogP contribution in [0.3, 0.4) is 0 Å². The number of aliphatic carboxylic acids is 1. The van der Waals surface area contributed by atoms with E-state index in [0.717, 1.165) is 34.4 Å². The van der Waals surface area contributed by atoms with Crippen molar-refractivity contribution in [2.45, 2.75) is 19.3 Å². The molecular formula is C28H25Cl2NO4. The van der Waals surface area contributed by atoms with E-state index < -0.39 is 5.97 Å². The molecule has 3 aromatic rings. The normalized spacial score (nSPS) is 10.8. The SMILES string of the molecule is C=C/C=C/Oc1ccc(-c2ccc(Cl)c(Cl)c2)cc1CCc1ccc(C(=O)NCCC(=O)O)cc1. The number of hydrogen-bond donors (Lipinski definition) is 2. The maximum absolute atomic E-state index is 12.2. The van der Waals surface area contributed by atoms with Crippen LogP contribution in [0.25, 0.3) is 11.1 Å². The Kier molecular flexibility index (Phi) is 9.53. The minimum Gasteiger partial charge on any atom is -0.481 e. The van der Waals surface area contributed by atoms with Crippen molar-refractivity contribution < 1.29 is 19.4 Å². The summed E-state index contributed by atoms with van der Waals surface area (Å²) in [6, 6.07) is 18.8. The number of nitrogens with one attached hydrogen (secondary N) is 1. The summed E-state index contributed by atoms with van der Waals surface area (Å²) in [6.45, 7) is 3.75. The Bertz CT molecular complexity index is 1240. The van der Waals surface area contributed by atoms with Crippen molar-refractivity contribution >= 4 is 35.1 Å². The van der Waals surface area contributed by atoms with Crippen LogP contribution in [0.1, 0.15) is 27.9 Å². The average Bonchev–Trinajstić information content (AvgIpc) is 2.85. The van der Waals surface area contributed by atoms with Crippen LogP contribution in [-0.4, -0.2) is 23.5 Å². The van der Waals surface area contributed by atoms with Gasteiger partial charge in [0.2, 0.25) is 0 Å². The fraction of sp³-hybridized carbons (Fsp3) is 0.143. The summed E-state index contributed by atoms with van der Waals surface area (Å²) >= 11 is 12.3. The lowest BCUT2D eigenvalue weighted by atomic mass is 9.98. The molecule has 0 radical (unpaired) electrons. The third-order valence-electron chi connectivity index (χ3n) is 5.25. The Labute approximate surface area is 214 Å². The minimum absolute atomic E-state index is 0.0914. The Morgan fingerprint density at radius 2 is 1.66 bits per heavy atom. The highest BCUT2D eigenvalue weighted by atomic mass is 35.5. The van der Waals surface area contributed by atoms with Gasteiger partial charge < -0.3 is 15.2 Å². The van der Waals surface area contributed by atoms with Crippen LogP contribution < -0.4 is 10.1 Å². The molecule has 0 saturated carbocycles. The molecule has 2 N–H and O–H groups in total. The summed E-state index contributed by atoms with van der Waals surface area (Å²) in [5.41, 5.74) is 4.50. The average molecular weight is 510 g/mol. The number of allylic oxidation sites excluding steroid dienone is 2. The molecule has 3 rings (SSSR count). The zero-order valence-corrected chi connectivity index (χ0v) is 20.5. The summed E-state index contributed by atoms with van der Waals surface area (Å²) in [6.07, 6.45) is 6.27. The molecule has 0 aromatic heterocycles. The molecule has 35 heavy (non-hydrogen) atoms. The monoisotopic (exact) mass is 509 g/mol. The summed E-state index contributed by atoms with van der Waals surface area (Å²) < 4.78 is 5.81. The highest BCUT2D eigenvalue weighted by Crippen LogP contribution is 2.32. The van der Waals surface area contributed by atoms with Gasteiger partial charge in [-0.2, -0.15) is 0 Å². The molecule has 5 nitrogen and oxygen atoms in total. The molecule has 0 bridgehead atoms. The van der Waals surface area contributed by atoms with Gasteiger partial charge in [0.1, 0.15) is 5.75 Å². The second kappa shape index (κ2) is 12.8. The van der Waals surface area contributed by atoms with Crippen LogP contribution >= 0.6 is 23.2 Å². The van der Waals surface area contributed by atoms with Gasteiger partial charge in [-0.05, 0) is 77.6 Å². The van der Waals surface area contributed by atoms with Gasteiger partial charge in [0.25, 0.3) is 5.91 Å². The Hall–Kier alpha value is -3.54. The lowest BCUT2D eigenvalue weighted by Gasteiger charge is -2.12. The number of carboxylic acids is 1. The fourth-order valence-corrected chi connectivity index (χ4v) is 3.70. The topological polar surface area (TPSA) is 75.6 Å². The van der Waals surface area contributed by atoms with Gasteiger partial charge in [-0.25, -0.2) is 0 Å². The zero-order valence-electron chi connectivity index (χ0n) is 19.0. The molecule has 7 heteroatoms. The quantitative estimate of drug-likeness (QED) is 0.222. The molecule has 0 aliphatic carbocycles. The fourth-order valence-electron chi connectivity index (χ4n) is 3.40. The number of amides is 1. The first-order valence-corrected chi connectivity index (χ1v) is 11.7. The molecule has 0 aliphatic rings. The second-order valence-corrected chi connectivity index (χ2v) is 8.54. The van der Waals surface area contributed by atoms with Crippen LogP contribution in [0.2, 0.25) is 10.0 Å². The smallest absolute Gasteiger partial charge is 0.305 e. The van der Waals surface area contributed by atoms with Crippen molar-refractivity contribution in [3.63, 3.8) is 0 Å². The molecule has 180 valence electrons. The van der Waals surface area contributed by atoms with Gasteiger partial charge in [-0.1, -0.05) is 60.1 Å². The van der Waals surface area contributed by atoms with E-state index in [1.54, 1.807) is 36.6 Å². The summed E-state index contributed by atoms with van der Waals surface area (Å²) in [4.78, 5) is 22.8. The van der Waals surface area contributed by atoms with Gasteiger partial charge in [0, 0.05) is 12.1 Å². The highest BCUT2D eigenvalue weighted by Gasteiger charge is 2.10. The van der Waals surface area contributed by atoms with Crippen molar-refractivity contribution in [1.29, 1.82) is 0 Å². The third-order valence-corrected chi connectivity index (χ3v) is 5.99. The Balaban J connectivity index is 1.75. The molecule has 0 saturated heterocycles. The van der Waals surface area contributed by atoms with Crippen LogP contribution in [0, 0.1) is 0 Å². The molecule has 0 fully saturated rings. The van der Waals surface area contributed by atoms with Gasteiger partial charge in [-0.3, -0.25) is 9.59 Å². The van der Waals surface area contributed by atoms with Gasteiger partial charge >= 0.3 is 5.97 Å². The number of ether oxygens (including phenoxy) is 1. The Morgan fingerprint density at radius 3 is 2.34 bits per heavy atom. The number of carbonyl (C=O) groups excluding carboxylic acids is 1. The first-order valence-electron chi connectivity index (χ1n) is 11.0. The maximum atomic E-state index is 12.2. The Morgan fingerprint density at radius 1 is 0.943 bits per heavy atom. The number of hydrogen-bond acceptors (Lipinski definition) is 3. The van der Waals surface area contributed by atoms with E-state index in [2.05, 4.69) is 18.0 Å². The van der Waals surface area contributed by atoms with E-state index in [1.807, 2.05) is 36.4 Å². The van der Waals surface area contributed by atoms with Crippen molar-refractivity contribution in [3.8, 4) is 16.9 Å². The standard InChI is InChI=1S/C28H25Cl2NO4/c1-2-3-16-35-26-13-11-21(22-10-12-24(29)25(30)18-22)17-23(26)9-6-19-4-7-20(8-5-19)28(34)31-15-14-27(32)33/h2-5,7-8,10-13,16-18H,1,6,9,14-15H2,(H,31,34)(H,32,33)/b16-3+. The van der Waals surface area contributed by atoms with E-state index in [-0.39, 0.29) is 18.9 Å². The lowest BCUT2D eigenvalue weighted by Crippen LogP contribution is -2.25. The zero-order chi connectivity index (χ0) is 25.2. The molecule has 0 unspecified atom stereocenters. The van der Waals surface area contributed by atoms with Crippen LogP contribution in [0.4, 0.5) is 0 Å². The number of benzene rings is 3. The van der Waals surface area contributed by atoms with Gasteiger partial charge in [0.15, 0.2) is 0 Å². The molecule has 3 aromatic carbocycles. The van der Waals surface area contributed by atoms with E-state index in [0.29, 0.717) is 22.0 Å². The van der Waals surface area contributed by atoms with Crippen molar-refractivity contribution in [2.24, 2.45) is 0 Å². The molecule has 0 atom stereocenters. The van der Waals surface area contributed by atoms with Gasteiger partial charge in [-0.15, -0.1) is 0 Å². The number of carboxylic acid groups (broad SMARTS) is 1. The predicted octanol–water partition coefficient (Wildman–Crippen LogP) is 6.73. The molecule has 0 spiro atoms. The summed E-state index contributed by atoms with van der Waals surface area (Å²) in [7, 11) is 0. The first-order chi connectivity index (χ1) is 16.9. The number of carbonyl (C=O) groups is 2. The lowest BCUT2D eigenvalue weighted by molar-refractivity contribution is -0.136. The van der Waals surface area contributed by atoms with Crippen molar-refractivity contribution in [2.75, 3.05) is 6.54 Å². The van der Waals surface area contributed by atoms with Crippen LogP contribution in [-0.2, 0) is 17.6 Å². The van der Waals surface area contributed by atoms with Crippen LogP contribution in [0.5, 0.6) is 5.75 Å². The first kappa shape index (κ1) is 26.1. The van der Waals surface area contributed by atoms with E-state index in [4.69, 9.17) is 33.0 Å². The van der Waals surface area contributed by atoms with E-state index in [1.165, 1.54) is 0 Å². The van der Waals surface area contributed by atoms with Crippen molar-refractivity contribution in [1.82, 2.24) is 5.32 Å².